The Morgan fingerprint density at radius 1 is 1.11 bits per heavy atom. The first-order valence-electron chi connectivity index (χ1n) is 5.69. The summed E-state index contributed by atoms with van der Waals surface area (Å²) >= 11 is 0. The fourth-order valence-corrected chi connectivity index (χ4v) is 1.82. The number of carbonyl (C=O) groups is 1. The Morgan fingerprint density at radius 2 is 1.89 bits per heavy atom. The molecular weight excluding hydrogens is 244 g/mol. The van der Waals surface area contributed by atoms with Crippen LogP contribution in [0.1, 0.15) is 10.4 Å². The van der Waals surface area contributed by atoms with E-state index in [1.54, 1.807) is 12.1 Å². The number of anilines is 2. The van der Waals surface area contributed by atoms with E-state index < -0.39 is 5.97 Å². The average Bonchev–Trinajstić information content (AvgIpc) is 2.81. The number of aromatic carboxylic acids is 1. The minimum atomic E-state index is -1.02. The summed E-state index contributed by atoms with van der Waals surface area (Å²) in [7, 11) is 0. The lowest BCUT2D eigenvalue weighted by Crippen LogP contribution is -1.97. The highest BCUT2D eigenvalue weighted by atomic mass is 16.4. The number of nitrogens with zero attached hydrogens (tertiary/aromatic N) is 1. The number of fused-ring (bicyclic) bond motifs is 1. The lowest BCUT2D eigenvalue weighted by Gasteiger charge is -1.98. The van der Waals surface area contributed by atoms with Crippen LogP contribution in [0.15, 0.2) is 52.9 Å². The fourth-order valence-electron chi connectivity index (χ4n) is 1.82. The molecule has 0 atom stereocenters. The van der Waals surface area contributed by atoms with Gasteiger partial charge in [-0.1, -0.05) is 24.3 Å². The van der Waals surface area contributed by atoms with E-state index in [4.69, 9.17) is 9.52 Å². The highest BCUT2D eigenvalue weighted by molar-refractivity contribution is 6.00. The minimum absolute atomic E-state index is 0.127. The van der Waals surface area contributed by atoms with Crippen LogP contribution in [-0.4, -0.2) is 16.1 Å². The topological polar surface area (TPSA) is 75.4 Å². The van der Waals surface area contributed by atoms with Gasteiger partial charge in [0.05, 0.1) is 5.56 Å². The maximum Gasteiger partial charge on any atom is 0.338 e. The molecule has 0 aliphatic carbocycles. The van der Waals surface area contributed by atoms with Crippen molar-refractivity contribution in [2.75, 3.05) is 5.32 Å². The van der Waals surface area contributed by atoms with Crippen LogP contribution in [0.3, 0.4) is 0 Å². The summed E-state index contributed by atoms with van der Waals surface area (Å²) < 4.78 is 5.48. The standard InChI is InChI=1S/C14H10N2O3/c17-13(18)10-7-4-8-11-12(10)16-14(19-11)15-9-5-2-1-3-6-9/h1-8H,(H,15,16)(H,17,18). The molecule has 0 spiro atoms. The summed E-state index contributed by atoms with van der Waals surface area (Å²) in [5.74, 6) is -1.02. The van der Waals surface area contributed by atoms with E-state index in [0.717, 1.165) is 5.69 Å². The number of carboxylic acid groups (broad SMARTS) is 1. The first kappa shape index (κ1) is 11.3. The number of benzene rings is 2. The molecule has 3 aromatic rings. The molecule has 0 aliphatic heterocycles. The Bertz CT molecular complexity index is 735. The Hall–Kier alpha value is -2.82. The quantitative estimate of drug-likeness (QED) is 0.750. The van der Waals surface area contributed by atoms with Crippen LogP contribution in [0.5, 0.6) is 0 Å². The van der Waals surface area contributed by atoms with Crippen molar-refractivity contribution in [3.05, 3.63) is 54.1 Å². The number of rotatable bonds is 3. The Kier molecular flexibility index (Phi) is 2.64. The predicted octanol–water partition coefficient (Wildman–Crippen LogP) is 3.27. The van der Waals surface area contributed by atoms with Gasteiger partial charge in [-0.3, -0.25) is 0 Å². The molecule has 0 bridgehead atoms. The van der Waals surface area contributed by atoms with E-state index in [0.29, 0.717) is 11.1 Å². The van der Waals surface area contributed by atoms with Crippen molar-refractivity contribution in [2.45, 2.75) is 0 Å². The van der Waals surface area contributed by atoms with Crippen molar-refractivity contribution in [1.29, 1.82) is 0 Å². The molecule has 0 fully saturated rings. The Labute approximate surface area is 108 Å². The molecule has 0 radical (unpaired) electrons. The average molecular weight is 254 g/mol. The molecule has 2 aromatic carbocycles. The summed E-state index contributed by atoms with van der Waals surface area (Å²) in [4.78, 5) is 15.3. The lowest BCUT2D eigenvalue weighted by molar-refractivity contribution is 0.0699. The van der Waals surface area contributed by atoms with Crippen LogP contribution in [-0.2, 0) is 0 Å². The predicted molar refractivity (Wildman–Crippen MR) is 70.7 cm³/mol. The summed E-state index contributed by atoms with van der Waals surface area (Å²) in [6.07, 6.45) is 0. The van der Waals surface area contributed by atoms with E-state index in [-0.39, 0.29) is 11.6 Å². The first-order valence-corrected chi connectivity index (χ1v) is 5.69. The Balaban J connectivity index is 2.03. The molecule has 0 unspecified atom stereocenters. The first-order chi connectivity index (χ1) is 9.24. The van der Waals surface area contributed by atoms with Crippen molar-refractivity contribution < 1.29 is 14.3 Å². The van der Waals surface area contributed by atoms with Crippen molar-refractivity contribution in [3.8, 4) is 0 Å². The normalized spacial score (nSPS) is 10.5. The SMILES string of the molecule is O=C(O)c1cccc2oc(Nc3ccccc3)nc12. The molecule has 0 saturated heterocycles. The second-order valence-corrected chi connectivity index (χ2v) is 3.97. The van der Waals surface area contributed by atoms with E-state index in [1.165, 1.54) is 6.07 Å². The molecule has 0 amide bonds. The number of carboxylic acids is 1. The number of hydrogen-bond acceptors (Lipinski definition) is 4. The van der Waals surface area contributed by atoms with Crippen LogP contribution in [0.25, 0.3) is 11.1 Å². The minimum Gasteiger partial charge on any atom is -0.478 e. The molecule has 19 heavy (non-hydrogen) atoms. The number of oxazole rings is 1. The summed E-state index contributed by atoms with van der Waals surface area (Å²) in [6, 6.07) is 14.5. The monoisotopic (exact) mass is 254 g/mol. The van der Waals surface area contributed by atoms with Crippen molar-refractivity contribution >= 4 is 28.8 Å². The maximum absolute atomic E-state index is 11.1. The number of para-hydroxylation sites is 2. The summed E-state index contributed by atoms with van der Waals surface area (Å²) in [6.45, 7) is 0. The molecule has 5 nitrogen and oxygen atoms in total. The van der Waals surface area contributed by atoms with Gasteiger partial charge in [0.2, 0.25) is 0 Å². The fraction of sp³-hybridized carbons (Fsp3) is 0. The van der Waals surface area contributed by atoms with Gasteiger partial charge in [-0.2, -0.15) is 4.98 Å². The van der Waals surface area contributed by atoms with E-state index in [9.17, 15) is 4.79 Å². The molecule has 94 valence electrons. The number of aromatic nitrogens is 1. The molecule has 1 heterocycles. The molecular formula is C14H10N2O3. The summed E-state index contributed by atoms with van der Waals surface area (Å²) in [5.41, 5.74) is 1.74. The van der Waals surface area contributed by atoms with Gasteiger partial charge in [0.15, 0.2) is 5.58 Å². The van der Waals surface area contributed by atoms with Crippen LogP contribution >= 0.6 is 0 Å². The number of nitrogens with one attached hydrogen (secondary N) is 1. The third-order valence-electron chi connectivity index (χ3n) is 2.67. The third-order valence-corrected chi connectivity index (χ3v) is 2.67. The molecule has 0 saturated carbocycles. The molecule has 5 heteroatoms. The van der Waals surface area contributed by atoms with Crippen LogP contribution in [0.2, 0.25) is 0 Å². The molecule has 3 rings (SSSR count). The van der Waals surface area contributed by atoms with Crippen LogP contribution in [0, 0.1) is 0 Å². The van der Waals surface area contributed by atoms with Gasteiger partial charge >= 0.3 is 5.97 Å². The van der Waals surface area contributed by atoms with Gasteiger partial charge in [-0.05, 0) is 24.3 Å². The zero-order valence-electron chi connectivity index (χ0n) is 9.83. The number of hydrogen-bond donors (Lipinski definition) is 2. The third kappa shape index (κ3) is 2.13. The lowest BCUT2D eigenvalue weighted by atomic mass is 10.2. The van der Waals surface area contributed by atoms with E-state index in [2.05, 4.69) is 10.3 Å². The molecule has 1 aromatic heterocycles. The van der Waals surface area contributed by atoms with Gasteiger partial charge in [-0.15, -0.1) is 0 Å². The van der Waals surface area contributed by atoms with E-state index in [1.807, 2.05) is 30.3 Å². The second kappa shape index (κ2) is 4.45. The van der Waals surface area contributed by atoms with Crippen molar-refractivity contribution in [2.24, 2.45) is 0 Å². The largest absolute Gasteiger partial charge is 0.478 e. The highest BCUT2D eigenvalue weighted by Crippen LogP contribution is 2.24. The Morgan fingerprint density at radius 3 is 2.63 bits per heavy atom. The maximum atomic E-state index is 11.1. The zero-order valence-corrected chi connectivity index (χ0v) is 9.83. The van der Waals surface area contributed by atoms with Gasteiger partial charge in [0.25, 0.3) is 6.01 Å². The summed E-state index contributed by atoms with van der Waals surface area (Å²) in [5, 5.41) is 12.1. The van der Waals surface area contributed by atoms with Crippen molar-refractivity contribution in [1.82, 2.24) is 4.98 Å². The smallest absolute Gasteiger partial charge is 0.338 e. The van der Waals surface area contributed by atoms with Gasteiger partial charge in [-0.25, -0.2) is 4.79 Å². The zero-order chi connectivity index (χ0) is 13.2. The molecule has 0 aliphatic rings. The highest BCUT2D eigenvalue weighted by Gasteiger charge is 2.14. The van der Waals surface area contributed by atoms with Gasteiger partial charge in [0, 0.05) is 5.69 Å². The van der Waals surface area contributed by atoms with Gasteiger partial charge < -0.3 is 14.8 Å². The van der Waals surface area contributed by atoms with Gasteiger partial charge in [0.1, 0.15) is 5.52 Å². The van der Waals surface area contributed by atoms with Crippen LogP contribution < -0.4 is 5.32 Å². The van der Waals surface area contributed by atoms with E-state index >= 15 is 0 Å². The van der Waals surface area contributed by atoms with Crippen LogP contribution in [0.4, 0.5) is 11.7 Å². The van der Waals surface area contributed by atoms with Crippen molar-refractivity contribution in [3.63, 3.8) is 0 Å². The molecule has 2 N–H and O–H groups in total. The second-order valence-electron chi connectivity index (χ2n) is 3.97.